The highest BCUT2D eigenvalue weighted by molar-refractivity contribution is 7.10. The zero-order valence-electron chi connectivity index (χ0n) is 13.9. The molecule has 0 bridgehead atoms. The second-order valence-electron chi connectivity index (χ2n) is 6.56. The van der Waals surface area contributed by atoms with Crippen molar-refractivity contribution in [3.63, 3.8) is 0 Å². The first-order valence-electron chi connectivity index (χ1n) is 8.59. The summed E-state index contributed by atoms with van der Waals surface area (Å²) in [7, 11) is 0. The van der Waals surface area contributed by atoms with Crippen molar-refractivity contribution in [1.82, 2.24) is 19.9 Å². The molecule has 2 atom stereocenters. The average molecular weight is 346 g/mol. The zero-order valence-corrected chi connectivity index (χ0v) is 14.7. The van der Waals surface area contributed by atoms with Crippen molar-refractivity contribution in [3.05, 3.63) is 34.1 Å². The van der Waals surface area contributed by atoms with E-state index in [4.69, 9.17) is 4.52 Å². The molecule has 6 nitrogen and oxygen atoms in total. The molecule has 1 amide bonds. The Kier molecular flexibility index (Phi) is 4.37. The molecular formula is C17H22N4O2S. The topological polar surface area (TPSA) is 62.5 Å². The van der Waals surface area contributed by atoms with Crippen LogP contribution in [0.2, 0.25) is 0 Å². The maximum atomic E-state index is 12.9. The van der Waals surface area contributed by atoms with Crippen molar-refractivity contribution in [3.8, 4) is 0 Å². The summed E-state index contributed by atoms with van der Waals surface area (Å²) in [4.78, 5) is 22.8. The predicted octanol–water partition coefficient (Wildman–Crippen LogP) is 2.94. The number of hydrogen-bond donors (Lipinski definition) is 0. The minimum atomic E-state index is 0.106. The number of carbonyl (C=O) groups is 1. The first kappa shape index (κ1) is 15.8. The smallest absolute Gasteiger partial charge is 0.237 e. The minimum Gasteiger partial charge on any atom is -0.340 e. The third-order valence-electron chi connectivity index (χ3n) is 4.99. The highest BCUT2D eigenvalue weighted by Crippen LogP contribution is 2.35. The number of amides is 1. The Balaban J connectivity index is 1.45. The number of likely N-dealkylation sites (tertiary alicyclic amines) is 2. The molecule has 7 heteroatoms. The van der Waals surface area contributed by atoms with Gasteiger partial charge in [-0.3, -0.25) is 9.69 Å². The molecule has 2 aromatic rings. The quantitative estimate of drug-likeness (QED) is 0.852. The molecule has 24 heavy (non-hydrogen) atoms. The Morgan fingerprint density at radius 2 is 2.17 bits per heavy atom. The van der Waals surface area contributed by atoms with Crippen LogP contribution in [-0.4, -0.2) is 45.5 Å². The fraction of sp³-hybridized carbons (Fsp3) is 0.588. The fourth-order valence-corrected chi connectivity index (χ4v) is 4.74. The summed E-state index contributed by atoms with van der Waals surface area (Å²) < 4.78 is 5.11. The van der Waals surface area contributed by atoms with Crippen molar-refractivity contribution >= 4 is 17.2 Å². The van der Waals surface area contributed by atoms with Crippen molar-refractivity contribution < 1.29 is 9.32 Å². The number of nitrogens with zero attached hydrogens (tertiary/aromatic N) is 4. The van der Waals surface area contributed by atoms with E-state index in [-0.39, 0.29) is 18.0 Å². The molecule has 4 heterocycles. The monoisotopic (exact) mass is 346 g/mol. The van der Waals surface area contributed by atoms with Crippen LogP contribution in [0.3, 0.4) is 0 Å². The van der Waals surface area contributed by atoms with Crippen LogP contribution in [0.1, 0.15) is 54.4 Å². The van der Waals surface area contributed by atoms with Crippen LogP contribution in [-0.2, 0) is 4.79 Å². The van der Waals surface area contributed by atoms with Gasteiger partial charge in [0.1, 0.15) is 0 Å². The summed E-state index contributed by atoms with van der Waals surface area (Å²) >= 11 is 1.74. The van der Waals surface area contributed by atoms with Crippen LogP contribution >= 0.6 is 11.3 Å². The third-order valence-corrected chi connectivity index (χ3v) is 5.96. The molecule has 2 fully saturated rings. The predicted molar refractivity (Wildman–Crippen MR) is 90.6 cm³/mol. The lowest BCUT2D eigenvalue weighted by Gasteiger charge is -2.28. The van der Waals surface area contributed by atoms with Crippen molar-refractivity contribution in [2.75, 3.05) is 19.6 Å². The molecule has 0 aromatic carbocycles. The van der Waals surface area contributed by atoms with E-state index in [1.807, 2.05) is 0 Å². The standard InChI is InChI=1S/C17H22N4O2S/c1-12-18-17(19-23-12)14-6-2-8-20(14)11-16(22)21-9-3-5-13(21)15-7-4-10-24-15/h4,7,10,13-14H,2-3,5-6,8-9,11H2,1H3/t13-,14+/m0/s1. The van der Waals surface area contributed by atoms with Crippen molar-refractivity contribution in [2.45, 2.75) is 44.7 Å². The Bertz CT molecular complexity index is 699. The van der Waals surface area contributed by atoms with Crippen LogP contribution < -0.4 is 0 Å². The van der Waals surface area contributed by atoms with E-state index in [1.54, 1.807) is 18.3 Å². The average Bonchev–Trinajstić information content (AvgIpc) is 3.34. The molecule has 2 aliphatic rings. The summed E-state index contributed by atoms with van der Waals surface area (Å²) in [5.74, 6) is 1.52. The Morgan fingerprint density at radius 1 is 1.33 bits per heavy atom. The minimum absolute atomic E-state index is 0.106. The second-order valence-corrected chi connectivity index (χ2v) is 7.54. The highest BCUT2D eigenvalue weighted by Gasteiger charge is 2.35. The molecule has 0 unspecified atom stereocenters. The maximum Gasteiger partial charge on any atom is 0.237 e. The van der Waals surface area contributed by atoms with E-state index in [0.29, 0.717) is 18.3 Å². The Hall–Kier alpha value is -1.73. The lowest BCUT2D eigenvalue weighted by molar-refractivity contribution is -0.133. The van der Waals surface area contributed by atoms with Crippen molar-refractivity contribution in [2.24, 2.45) is 0 Å². The molecule has 2 saturated heterocycles. The van der Waals surface area contributed by atoms with Gasteiger partial charge in [-0.25, -0.2) is 0 Å². The van der Waals surface area contributed by atoms with Gasteiger partial charge in [0.25, 0.3) is 0 Å². The van der Waals surface area contributed by atoms with Gasteiger partial charge in [-0.15, -0.1) is 11.3 Å². The SMILES string of the molecule is Cc1nc([C@H]2CCCN2CC(=O)N2CCC[C@H]2c2cccs2)no1. The lowest BCUT2D eigenvalue weighted by atomic mass is 10.2. The van der Waals surface area contributed by atoms with Gasteiger partial charge in [0.05, 0.1) is 18.6 Å². The lowest BCUT2D eigenvalue weighted by Crippen LogP contribution is -2.39. The van der Waals surface area contributed by atoms with Gasteiger partial charge in [-0.2, -0.15) is 4.98 Å². The van der Waals surface area contributed by atoms with Gasteiger partial charge in [0, 0.05) is 18.3 Å². The number of hydrogen-bond acceptors (Lipinski definition) is 6. The van der Waals surface area contributed by atoms with Crippen LogP contribution in [0, 0.1) is 6.92 Å². The second kappa shape index (κ2) is 6.64. The maximum absolute atomic E-state index is 12.9. The van der Waals surface area contributed by atoms with E-state index in [2.05, 4.69) is 37.5 Å². The molecule has 0 spiro atoms. The van der Waals surface area contributed by atoms with Gasteiger partial charge in [-0.1, -0.05) is 11.2 Å². The van der Waals surface area contributed by atoms with Gasteiger partial charge < -0.3 is 9.42 Å². The molecule has 128 valence electrons. The number of rotatable bonds is 4. The van der Waals surface area contributed by atoms with E-state index in [0.717, 1.165) is 38.8 Å². The van der Waals surface area contributed by atoms with Gasteiger partial charge in [0.2, 0.25) is 11.8 Å². The zero-order chi connectivity index (χ0) is 16.5. The highest BCUT2D eigenvalue weighted by atomic mass is 32.1. The van der Waals surface area contributed by atoms with E-state index >= 15 is 0 Å². The van der Waals surface area contributed by atoms with Crippen molar-refractivity contribution in [1.29, 1.82) is 0 Å². The van der Waals surface area contributed by atoms with Gasteiger partial charge in [0.15, 0.2) is 5.82 Å². The van der Waals surface area contributed by atoms with Crippen LogP contribution in [0.25, 0.3) is 0 Å². The number of carbonyl (C=O) groups excluding carboxylic acids is 1. The number of thiophene rings is 1. The molecule has 0 radical (unpaired) electrons. The summed E-state index contributed by atoms with van der Waals surface area (Å²) in [5.41, 5.74) is 0. The molecule has 2 aliphatic heterocycles. The first-order chi connectivity index (χ1) is 11.7. The van der Waals surface area contributed by atoms with E-state index < -0.39 is 0 Å². The normalized spacial score (nSPS) is 24.8. The summed E-state index contributed by atoms with van der Waals surface area (Å²) in [5, 5.41) is 6.15. The molecule has 4 rings (SSSR count). The van der Waals surface area contributed by atoms with Crippen LogP contribution in [0.5, 0.6) is 0 Å². The van der Waals surface area contributed by atoms with Crippen LogP contribution in [0.4, 0.5) is 0 Å². The summed E-state index contributed by atoms with van der Waals surface area (Å²) in [6.45, 7) is 4.03. The van der Waals surface area contributed by atoms with Crippen LogP contribution in [0.15, 0.2) is 22.0 Å². The molecule has 2 aromatic heterocycles. The first-order valence-corrected chi connectivity index (χ1v) is 9.47. The largest absolute Gasteiger partial charge is 0.340 e. The Labute approximate surface area is 145 Å². The number of aromatic nitrogens is 2. The van der Waals surface area contributed by atoms with Gasteiger partial charge in [-0.05, 0) is 43.7 Å². The molecule has 0 aliphatic carbocycles. The summed E-state index contributed by atoms with van der Waals surface area (Å²) in [6.07, 6.45) is 4.21. The van der Waals surface area contributed by atoms with E-state index in [1.165, 1.54) is 4.88 Å². The van der Waals surface area contributed by atoms with E-state index in [9.17, 15) is 4.79 Å². The molecular weight excluding hydrogens is 324 g/mol. The molecule has 0 N–H and O–H groups in total. The third kappa shape index (κ3) is 2.98. The summed E-state index contributed by atoms with van der Waals surface area (Å²) in [6, 6.07) is 4.57. The number of aryl methyl sites for hydroxylation is 1. The molecule has 0 saturated carbocycles. The van der Waals surface area contributed by atoms with Gasteiger partial charge >= 0.3 is 0 Å². The Morgan fingerprint density at radius 3 is 2.92 bits per heavy atom. The fourth-order valence-electron chi connectivity index (χ4n) is 3.86.